The predicted molar refractivity (Wildman–Crippen MR) is 95.8 cm³/mol. The number of cyclic esters (lactones) is 1. The van der Waals surface area contributed by atoms with Crippen LogP contribution in [0.2, 0.25) is 0 Å². The highest BCUT2D eigenvalue weighted by Gasteiger charge is 2.33. The maximum absolute atomic E-state index is 14.8. The number of carbonyl (C=O) groups excluding carboxylic acids is 2. The molecule has 0 spiro atoms. The van der Waals surface area contributed by atoms with Crippen molar-refractivity contribution < 1.29 is 22.8 Å². The zero-order chi connectivity index (χ0) is 21.6. The van der Waals surface area contributed by atoms with Crippen LogP contribution in [0.3, 0.4) is 0 Å². The Bertz CT molecular complexity index is 986. The highest BCUT2D eigenvalue weighted by Crippen LogP contribution is 2.32. The number of carbonyl (C=O) groups is 2. The van der Waals surface area contributed by atoms with Gasteiger partial charge in [0.25, 0.3) is 0 Å². The number of nitrogens with one attached hydrogen (secondary N) is 1. The van der Waals surface area contributed by atoms with Gasteiger partial charge in [-0.05, 0) is 18.2 Å². The van der Waals surface area contributed by atoms with Crippen molar-refractivity contribution >= 4 is 23.4 Å². The molecule has 0 aliphatic carbocycles. The molecular formula is C18H20FN5O3. The van der Waals surface area contributed by atoms with E-state index in [2.05, 4.69) is 10.4 Å². The van der Waals surface area contributed by atoms with Crippen molar-refractivity contribution in [1.29, 1.82) is 0 Å². The van der Waals surface area contributed by atoms with Gasteiger partial charge in [0.05, 0.1) is 36.7 Å². The molecule has 0 saturated carbocycles. The Hall–Kier alpha value is -3.10. The molecule has 27 heavy (non-hydrogen) atoms. The molecule has 1 aromatic carbocycles. The molecule has 0 radical (unpaired) electrons. The number of nitrogens with zero attached hydrogens (tertiary/aromatic N) is 4. The second kappa shape index (κ2) is 6.57. The van der Waals surface area contributed by atoms with Gasteiger partial charge in [0.1, 0.15) is 11.9 Å². The number of aromatic nitrogens is 2. The second-order valence-electron chi connectivity index (χ2n) is 6.59. The minimum atomic E-state index is -2.77. The molecule has 0 bridgehead atoms. The summed E-state index contributed by atoms with van der Waals surface area (Å²) in [6, 6.07) is 4.49. The molecule has 2 aliphatic heterocycles. The van der Waals surface area contributed by atoms with Crippen molar-refractivity contribution in [3.63, 3.8) is 0 Å². The minimum absolute atomic E-state index is 0.0681. The Labute approximate surface area is 159 Å². The monoisotopic (exact) mass is 377 g/mol. The largest absolute Gasteiger partial charge is 0.442 e. The van der Waals surface area contributed by atoms with Gasteiger partial charge in [0.15, 0.2) is 0 Å². The minimum Gasteiger partial charge on any atom is -0.442 e. The summed E-state index contributed by atoms with van der Waals surface area (Å²) in [6.07, 6.45) is 0.493. The summed E-state index contributed by atoms with van der Waals surface area (Å²) in [7, 11) is 1.84. The summed E-state index contributed by atoms with van der Waals surface area (Å²) in [4.78, 5) is 26.7. The zero-order valence-electron chi connectivity index (χ0n) is 17.6. The van der Waals surface area contributed by atoms with Crippen molar-refractivity contribution in [3.8, 4) is 0 Å². The summed E-state index contributed by atoms with van der Waals surface area (Å²) in [5.41, 5.74) is 2.69. The molecule has 3 heterocycles. The number of benzene rings is 1. The van der Waals surface area contributed by atoms with Crippen LogP contribution in [-0.2, 0) is 29.7 Å². The van der Waals surface area contributed by atoms with Crippen LogP contribution in [0, 0.1) is 5.82 Å². The fourth-order valence-electron chi connectivity index (χ4n) is 3.43. The van der Waals surface area contributed by atoms with Crippen molar-refractivity contribution in [2.75, 3.05) is 22.9 Å². The average molecular weight is 377 g/mol. The number of fused-ring (bicyclic) bond motifs is 1. The standard InChI is InChI=1S/C18H20FN5O3/c1-11(25)20-6-14-9-24(18(26)27-14)13-3-4-17(15(19)5-13)23-8-12-7-22(2)21-16(12)10-23/h3-5,7,14H,6,8-10H2,1-2H3,(H,20,25)/t14-/m0/s1/i1D3,11+1. The Morgan fingerprint density at radius 3 is 3.07 bits per heavy atom. The van der Waals surface area contributed by atoms with Gasteiger partial charge in [-0.1, -0.05) is 0 Å². The van der Waals surface area contributed by atoms with Crippen LogP contribution < -0.4 is 15.1 Å². The lowest BCUT2D eigenvalue weighted by Gasteiger charge is -2.20. The fraction of sp³-hybridized carbons (Fsp3) is 0.389. The zero-order valence-corrected chi connectivity index (χ0v) is 14.6. The molecular weight excluding hydrogens is 354 g/mol. The first kappa shape index (κ1) is 14.0. The molecule has 1 atom stereocenters. The molecule has 4 rings (SSSR count). The topological polar surface area (TPSA) is 79.7 Å². The smallest absolute Gasteiger partial charge is 0.414 e. The van der Waals surface area contributed by atoms with Crippen molar-refractivity contribution in [3.05, 3.63) is 41.5 Å². The highest BCUT2D eigenvalue weighted by atomic mass is 19.1. The van der Waals surface area contributed by atoms with Gasteiger partial charge in [-0.25, -0.2) is 9.18 Å². The van der Waals surface area contributed by atoms with Gasteiger partial charge < -0.3 is 15.0 Å². The Morgan fingerprint density at radius 2 is 2.33 bits per heavy atom. The Balaban J connectivity index is 1.41. The maximum Gasteiger partial charge on any atom is 0.414 e. The summed E-state index contributed by atoms with van der Waals surface area (Å²) in [5.74, 6) is -1.59. The van der Waals surface area contributed by atoms with E-state index in [9.17, 15) is 14.0 Å². The van der Waals surface area contributed by atoms with E-state index in [1.54, 1.807) is 16.8 Å². The SMILES string of the molecule is [2H]C([2H])([2H])[13C](=O)NC[C@H]1CN(c2ccc(N3Cc4cn(C)nc4C3)c(F)c2)C(=O)O1. The number of halogens is 1. The van der Waals surface area contributed by atoms with E-state index in [1.807, 2.05) is 18.1 Å². The molecule has 0 unspecified atom stereocenters. The molecule has 2 aliphatic rings. The molecule has 9 heteroatoms. The van der Waals surface area contributed by atoms with Gasteiger partial charge >= 0.3 is 6.09 Å². The van der Waals surface area contributed by atoms with Crippen LogP contribution in [0.25, 0.3) is 0 Å². The second-order valence-corrected chi connectivity index (χ2v) is 6.59. The van der Waals surface area contributed by atoms with E-state index >= 15 is 0 Å². The number of hydrogen-bond acceptors (Lipinski definition) is 5. The lowest BCUT2D eigenvalue weighted by atomic mass is 10.2. The summed E-state index contributed by atoms with van der Waals surface area (Å²) in [6.45, 7) is -1.79. The number of aryl methyl sites for hydroxylation is 1. The van der Waals surface area contributed by atoms with Crippen LogP contribution in [-0.4, -0.2) is 41.0 Å². The third kappa shape index (κ3) is 3.32. The van der Waals surface area contributed by atoms with Gasteiger partial charge in [-0.3, -0.25) is 14.4 Å². The summed E-state index contributed by atoms with van der Waals surface area (Å²) >= 11 is 0. The Kier molecular flexibility index (Phi) is 3.41. The predicted octanol–water partition coefficient (Wildman–Crippen LogP) is 1.54. The first-order valence-electron chi connectivity index (χ1n) is 9.94. The van der Waals surface area contributed by atoms with E-state index in [0.29, 0.717) is 24.5 Å². The first-order valence-corrected chi connectivity index (χ1v) is 8.44. The van der Waals surface area contributed by atoms with Crippen LogP contribution in [0.4, 0.5) is 20.6 Å². The first-order chi connectivity index (χ1) is 14.1. The van der Waals surface area contributed by atoms with Crippen molar-refractivity contribution in [2.45, 2.75) is 26.0 Å². The third-order valence-electron chi connectivity index (χ3n) is 4.64. The molecule has 8 nitrogen and oxygen atoms in total. The van der Waals surface area contributed by atoms with Crippen LogP contribution in [0.1, 0.15) is 22.2 Å². The van der Waals surface area contributed by atoms with Gasteiger partial charge in [0.2, 0.25) is 5.91 Å². The molecule has 1 N–H and O–H groups in total. The van der Waals surface area contributed by atoms with Gasteiger partial charge in [0, 0.05) is 36.3 Å². The molecule has 1 fully saturated rings. The fourth-order valence-corrected chi connectivity index (χ4v) is 3.43. The van der Waals surface area contributed by atoms with E-state index in [1.165, 1.54) is 11.0 Å². The normalized spacial score (nSPS) is 20.7. The molecule has 2 aromatic rings. The Morgan fingerprint density at radius 1 is 1.48 bits per heavy atom. The number of amides is 2. The molecule has 1 aromatic heterocycles. The van der Waals surface area contributed by atoms with Gasteiger partial charge in [-0.2, -0.15) is 5.10 Å². The summed E-state index contributed by atoms with van der Waals surface area (Å²) < 4.78 is 42.8. The average Bonchev–Trinajstić information content (AvgIpc) is 3.31. The van der Waals surface area contributed by atoms with Crippen LogP contribution in [0.15, 0.2) is 24.4 Å². The molecule has 142 valence electrons. The van der Waals surface area contributed by atoms with Crippen molar-refractivity contribution in [2.24, 2.45) is 7.05 Å². The lowest BCUT2D eigenvalue weighted by Crippen LogP contribution is -2.33. The van der Waals surface area contributed by atoms with Gasteiger partial charge in [-0.15, -0.1) is 0 Å². The quantitative estimate of drug-likeness (QED) is 0.818. The van der Waals surface area contributed by atoms with E-state index in [-0.39, 0.29) is 13.1 Å². The third-order valence-corrected chi connectivity index (χ3v) is 4.64. The number of hydrogen-bond donors (Lipinski definition) is 1. The van der Waals surface area contributed by atoms with E-state index < -0.39 is 30.8 Å². The number of rotatable bonds is 4. The number of ether oxygens (including phenoxy) is 1. The van der Waals surface area contributed by atoms with Crippen LogP contribution >= 0.6 is 0 Å². The van der Waals surface area contributed by atoms with Crippen molar-refractivity contribution in [1.82, 2.24) is 15.1 Å². The summed E-state index contributed by atoms with van der Waals surface area (Å²) in [5, 5.41) is 6.59. The molecule has 2 amide bonds. The highest BCUT2D eigenvalue weighted by molar-refractivity contribution is 5.90. The van der Waals surface area contributed by atoms with E-state index in [4.69, 9.17) is 8.85 Å². The van der Waals surface area contributed by atoms with E-state index in [0.717, 1.165) is 11.3 Å². The number of anilines is 2. The lowest BCUT2D eigenvalue weighted by molar-refractivity contribution is -0.119. The maximum atomic E-state index is 14.8. The van der Waals surface area contributed by atoms with Crippen LogP contribution in [0.5, 0.6) is 0 Å². The molecule has 1 saturated heterocycles.